The first-order valence-electron chi connectivity index (χ1n) is 5.72. The van der Waals surface area contributed by atoms with Crippen molar-refractivity contribution in [1.29, 1.82) is 0 Å². The second-order valence-corrected chi connectivity index (χ2v) is 4.64. The number of hydrogen-bond donors (Lipinski definition) is 1. The third-order valence-corrected chi connectivity index (χ3v) is 2.86. The van der Waals surface area contributed by atoms with Crippen molar-refractivity contribution in [2.75, 3.05) is 0 Å². The number of aromatic carboxylic acids is 1. The topological polar surface area (TPSA) is 67.5 Å². The molecule has 2 aromatic rings. The average molecular weight is 246 g/mol. The summed E-state index contributed by atoms with van der Waals surface area (Å²) in [5, 5.41) is 9.50. The monoisotopic (exact) mass is 246 g/mol. The molecular formula is C14H14O4. The van der Waals surface area contributed by atoms with E-state index in [1.807, 2.05) is 20.8 Å². The molecule has 0 bridgehead atoms. The van der Waals surface area contributed by atoms with Crippen LogP contribution in [0.4, 0.5) is 0 Å². The Labute approximate surface area is 104 Å². The van der Waals surface area contributed by atoms with Gasteiger partial charge in [-0.25, -0.2) is 4.79 Å². The van der Waals surface area contributed by atoms with Crippen LogP contribution >= 0.6 is 0 Å². The number of fused-ring (bicyclic) bond motifs is 1. The number of aryl methyl sites for hydroxylation is 1. The van der Waals surface area contributed by atoms with Gasteiger partial charge < -0.3 is 9.52 Å². The molecule has 94 valence electrons. The Bertz CT molecular complexity index is 635. The minimum absolute atomic E-state index is 0.0486. The summed E-state index contributed by atoms with van der Waals surface area (Å²) in [6.45, 7) is 5.49. The zero-order valence-corrected chi connectivity index (χ0v) is 10.5. The van der Waals surface area contributed by atoms with Crippen LogP contribution < -0.4 is 0 Å². The van der Waals surface area contributed by atoms with Crippen molar-refractivity contribution in [3.8, 4) is 0 Å². The van der Waals surface area contributed by atoms with Crippen LogP contribution in [0.5, 0.6) is 0 Å². The fraction of sp³-hybridized carbons (Fsp3) is 0.286. The normalized spacial score (nSPS) is 11.1. The molecule has 1 heterocycles. The summed E-state index contributed by atoms with van der Waals surface area (Å²) in [5.74, 6) is -1.27. The van der Waals surface area contributed by atoms with Crippen LogP contribution in [0.1, 0.15) is 40.3 Å². The smallest absolute Gasteiger partial charge is 0.371 e. The number of rotatable bonds is 3. The van der Waals surface area contributed by atoms with Crippen LogP contribution in [0.2, 0.25) is 0 Å². The van der Waals surface area contributed by atoms with Gasteiger partial charge in [0.05, 0.1) is 0 Å². The molecule has 4 heteroatoms. The van der Waals surface area contributed by atoms with Crippen molar-refractivity contribution in [2.24, 2.45) is 5.92 Å². The van der Waals surface area contributed by atoms with E-state index in [-0.39, 0.29) is 17.5 Å². The van der Waals surface area contributed by atoms with E-state index in [2.05, 4.69) is 0 Å². The standard InChI is InChI=1S/C14H14O4/c1-7(2)13(15)10-5-9-6-12(14(16)17)18-11(9)4-8(10)3/h4-7H,1-3H3,(H,16,17). The minimum atomic E-state index is -1.11. The van der Waals surface area contributed by atoms with Crippen LogP contribution in [-0.2, 0) is 0 Å². The molecule has 0 unspecified atom stereocenters. The highest BCUT2D eigenvalue weighted by molar-refractivity contribution is 6.02. The predicted molar refractivity (Wildman–Crippen MR) is 67.1 cm³/mol. The van der Waals surface area contributed by atoms with E-state index in [1.54, 1.807) is 12.1 Å². The highest BCUT2D eigenvalue weighted by Gasteiger charge is 2.17. The van der Waals surface area contributed by atoms with Gasteiger partial charge in [0.25, 0.3) is 0 Å². The Morgan fingerprint density at radius 1 is 1.22 bits per heavy atom. The number of hydrogen-bond acceptors (Lipinski definition) is 3. The third kappa shape index (κ3) is 2.01. The van der Waals surface area contributed by atoms with Crippen LogP contribution in [-0.4, -0.2) is 16.9 Å². The average Bonchev–Trinajstić information content (AvgIpc) is 2.69. The fourth-order valence-electron chi connectivity index (χ4n) is 1.87. The van der Waals surface area contributed by atoms with Crippen molar-refractivity contribution >= 4 is 22.7 Å². The van der Waals surface area contributed by atoms with Crippen LogP contribution in [0, 0.1) is 12.8 Å². The Morgan fingerprint density at radius 2 is 1.89 bits per heavy atom. The third-order valence-electron chi connectivity index (χ3n) is 2.86. The molecule has 0 spiro atoms. The van der Waals surface area contributed by atoms with Crippen molar-refractivity contribution in [2.45, 2.75) is 20.8 Å². The van der Waals surface area contributed by atoms with E-state index in [1.165, 1.54) is 6.07 Å². The summed E-state index contributed by atoms with van der Waals surface area (Å²) in [6, 6.07) is 4.84. The van der Waals surface area contributed by atoms with Crippen molar-refractivity contribution < 1.29 is 19.1 Å². The molecule has 1 aromatic heterocycles. The number of carbonyl (C=O) groups excluding carboxylic acids is 1. The second kappa shape index (κ2) is 4.29. The lowest BCUT2D eigenvalue weighted by atomic mass is 9.96. The molecule has 0 aliphatic rings. The molecule has 0 saturated carbocycles. The Balaban J connectivity index is 2.61. The van der Waals surface area contributed by atoms with E-state index in [9.17, 15) is 9.59 Å². The number of carbonyl (C=O) groups is 2. The zero-order chi connectivity index (χ0) is 13.4. The molecular weight excluding hydrogens is 232 g/mol. The molecule has 1 aromatic carbocycles. The van der Waals surface area contributed by atoms with Gasteiger partial charge in [-0.1, -0.05) is 13.8 Å². The molecule has 0 atom stereocenters. The van der Waals surface area contributed by atoms with E-state index in [0.717, 1.165) is 5.56 Å². The number of benzene rings is 1. The van der Waals surface area contributed by atoms with E-state index < -0.39 is 5.97 Å². The highest BCUT2D eigenvalue weighted by Crippen LogP contribution is 2.25. The van der Waals surface area contributed by atoms with Crippen molar-refractivity contribution in [3.63, 3.8) is 0 Å². The Morgan fingerprint density at radius 3 is 2.44 bits per heavy atom. The summed E-state index contributed by atoms with van der Waals surface area (Å²) in [6.07, 6.45) is 0. The first-order valence-corrected chi connectivity index (χ1v) is 5.72. The Kier molecular flexibility index (Phi) is 2.95. The summed E-state index contributed by atoms with van der Waals surface area (Å²) >= 11 is 0. The van der Waals surface area contributed by atoms with Gasteiger partial charge in [-0.3, -0.25) is 4.79 Å². The molecule has 0 fully saturated rings. The maximum atomic E-state index is 12.0. The molecule has 0 saturated heterocycles. The number of furan rings is 1. The van der Waals surface area contributed by atoms with Gasteiger partial charge in [-0.2, -0.15) is 0 Å². The summed E-state index contributed by atoms with van der Waals surface area (Å²) < 4.78 is 5.19. The van der Waals surface area contributed by atoms with Gasteiger partial charge in [0, 0.05) is 16.9 Å². The molecule has 4 nitrogen and oxygen atoms in total. The number of Topliss-reactive ketones (excluding diaryl/α,β-unsaturated/α-hetero) is 1. The molecule has 0 radical (unpaired) electrons. The lowest BCUT2D eigenvalue weighted by Gasteiger charge is -2.07. The van der Waals surface area contributed by atoms with E-state index >= 15 is 0 Å². The van der Waals surface area contributed by atoms with E-state index in [0.29, 0.717) is 16.5 Å². The van der Waals surface area contributed by atoms with Gasteiger partial charge in [-0.05, 0) is 30.7 Å². The quantitative estimate of drug-likeness (QED) is 0.844. The molecule has 1 N–H and O–H groups in total. The molecule has 0 aliphatic heterocycles. The minimum Gasteiger partial charge on any atom is -0.475 e. The zero-order valence-electron chi connectivity index (χ0n) is 10.5. The van der Waals surface area contributed by atoms with Crippen molar-refractivity contribution in [1.82, 2.24) is 0 Å². The van der Waals surface area contributed by atoms with Crippen LogP contribution in [0.3, 0.4) is 0 Å². The predicted octanol–water partition coefficient (Wildman–Crippen LogP) is 3.28. The maximum absolute atomic E-state index is 12.0. The lowest BCUT2D eigenvalue weighted by molar-refractivity contribution is 0.0664. The first-order chi connectivity index (χ1) is 8.40. The van der Waals surface area contributed by atoms with Gasteiger partial charge in [0.1, 0.15) is 5.58 Å². The number of carboxylic acid groups (broad SMARTS) is 1. The van der Waals surface area contributed by atoms with Gasteiger partial charge in [0.2, 0.25) is 5.76 Å². The fourth-order valence-corrected chi connectivity index (χ4v) is 1.87. The molecule has 2 rings (SSSR count). The lowest BCUT2D eigenvalue weighted by Crippen LogP contribution is -2.08. The van der Waals surface area contributed by atoms with Gasteiger partial charge in [0.15, 0.2) is 5.78 Å². The van der Waals surface area contributed by atoms with Gasteiger partial charge >= 0.3 is 5.97 Å². The molecule has 18 heavy (non-hydrogen) atoms. The highest BCUT2D eigenvalue weighted by atomic mass is 16.4. The number of ketones is 1. The Hall–Kier alpha value is -2.10. The summed E-state index contributed by atoms with van der Waals surface area (Å²) in [7, 11) is 0. The van der Waals surface area contributed by atoms with Crippen molar-refractivity contribution in [3.05, 3.63) is 35.1 Å². The summed E-state index contributed by atoms with van der Waals surface area (Å²) in [4.78, 5) is 22.8. The van der Waals surface area contributed by atoms with Crippen LogP contribution in [0.25, 0.3) is 11.0 Å². The first kappa shape index (κ1) is 12.4. The van der Waals surface area contributed by atoms with Gasteiger partial charge in [-0.15, -0.1) is 0 Å². The van der Waals surface area contributed by atoms with Crippen LogP contribution in [0.15, 0.2) is 22.6 Å². The second-order valence-electron chi connectivity index (χ2n) is 4.64. The summed E-state index contributed by atoms with van der Waals surface area (Å²) in [5.41, 5.74) is 1.91. The maximum Gasteiger partial charge on any atom is 0.371 e. The molecule has 0 amide bonds. The number of carboxylic acids is 1. The SMILES string of the molecule is Cc1cc2oc(C(=O)O)cc2cc1C(=O)C(C)C. The largest absolute Gasteiger partial charge is 0.475 e. The molecule has 0 aliphatic carbocycles. The van der Waals surface area contributed by atoms with E-state index in [4.69, 9.17) is 9.52 Å².